The molecule has 2 aliphatic rings. The smallest absolute Gasteiger partial charge is 0.379 e. The Morgan fingerprint density at radius 2 is 1.84 bits per heavy atom. The highest BCUT2D eigenvalue weighted by Crippen LogP contribution is 2.57. The number of benzene rings is 3. The second-order valence-corrected chi connectivity index (χ2v) is 13.5. The van der Waals surface area contributed by atoms with Crippen LogP contribution in [0.4, 0.5) is 5.69 Å². The van der Waals surface area contributed by atoms with Crippen LogP contribution in [0.15, 0.2) is 53.4 Å². The lowest BCUT2D eigenvalue weighted by Gasteiger charge is -2.55. The number of nitrogens with zero attached hydrogens (tertiary/aromatic N) is 2. The molecule has 3 aromatic carbocycles. The summed E-state index contributed by atoms with van der Waals surface area (Å²) in [4.78, 5) is 3.02. The standard InChI is InChI=1S/C30H35N3O3S/c1-19(2)20-10-12-24-21(16-20)11-13-27-29(3,14-7-15-30(24,27)4)18-32-37(35,36)26-17-25(33-31)28(34)23-9-6-5-8-22(23)26/h5-6,8-10,12,16-17,19,27,32H,7,11,13-15,18H2,1-4H3/t27-,29+,30+/m0/s1. The van der Waals surface area contributed by atoms with Gasteiger partial charge in [0.15, 0.2) is 4.98 Å². The fourth-order valence-electron chi connectivity index (χ4n) is 7.15. The Balaban J connectivity index is 1.47. The lowest BCUT2D eigenvalue weighted by Crippen LogP contribution is -2.53. The summed E-state index contributed by atoms with van der Waals surface area (Å²) < 4.78 is 30.1. The Morgan fingerprint density at radius 3 is 2.54 bits per heavy atom. The fraction of sp³-hybridized carbons (Fsp3) is 0.467. The lowest BCUT2D eigenvalue weighted by molar-refractivity contribution is -0.264. The highest BCUT2D eigenvalue weighted by atomic mass is 32.2. The summed E-state index contributed by atoms with van der Waals surface area (Å²) in [6.45, 7) is 9.35. The Bertz CT molecular complexity index is 1530. The Kier molecular flexibility index (Phi) is 6.32. The third-order valence-electron chi connectivity index (χ3n) is 9.17. The molecule has 0 heterocycles. The van der Waals surface area contributed by atoms with Gasteiger partial charge in [-0.05, 0) is 76.2 Å². The highest BCUT2D eigenvalue weighted by Gasteiger charge is 2.51. The third kappa shape index (κ3) is 4.20. The van der Waals surface area contributed by atoms with E-state index in [9.17, 15) is 18.9 Å². The molecule has 37 heavy (non-hydrogen) atoms. The summed E-state index contributed by atoms with van der Waals surface area (Å²) in [5, 5.41) is 22.5. The quantitative estimate of drug-likeness (QED) is 0.390. The van der Waals surface area contributed by atoms with Gasteiger partial charge in [0.1, 0.15) is 0 Å². The van der Waals surface area contributed by atoms with E-state index in [0.717, 1.165) is 32.1 Å². The van der Waals surface area contributed by atoms with Crippen molar-refractivity contribution in [3.8, 4) is 5.75 Å². The summed E-state index contributed by atoms with van der Waals surface area (Å²) in [6, 6.07) is 14.7. The molecule has 0 aliphatic heterocycles. The van der Waals surface area contributed by atoms with Crippen molar-refractivity contribution < 1.29 is 13.5 Å². The van der Waals surface area contributed by atoms with Crippen molar-refractivity contribution in [3.05, 3.63) is 70.2 Å². The van der Waals surface area contributed by atoms with Crippen LogP contribution < -0.4 is 9.83 Å². The van der Waals surface area contributed by atoms with Crippen LogP contribution in [0.25, 0.3) is 15.7 Å². The van der Waals surface area contributed by atoms with Crippen molar-refractivity contribution in [2.45, 2.75) is 76.0 Å². The number of fused-ring (bicyclic) bond motifs is 4. The fourth-order valence-corrected chi connectivity index (χ4v) is 8.56. The molecule has 0 aromatic heterocycles. The van der Waals surface area contributed by atoms with Gasteiger partial charge < -0.3 is 5.11 Å². The van der Waals surface area contributed by atoms with Gasteiger partial charge in [0.25, 0.3) is 0 Å². The second-order valence-electron chi connectivity index (χ2n) is 11.8. The number of diazo groups is 1. The van der Waals surface area contributed by atoms with E-state index in [-0.39, 0.29) is 26.8 Å². The van der Waals surface area contributed by atoms with E-state index in [0.29, 0.717) is 23.8 Å². The van der Waals surface area contributed by atoms with Crippen molar-refractivity contribution in [1.29, 1.82) is 5.39 Å². The molecular weight excluding hydrogens is 482 g/mol. The van der Waals surface area contributed by atoms with Crippen LogP contribution >= 0.6 is 0 Å². The first kappa shape index (κ1) is 25.7. The Morgan fingerprint density at radius 1 is 1.11 bits per heavy atom. The predicted octanol–water partition coefficient (Wildman–Crippen LogP) is 6.51. The van der Waals surface area contributed by atoms with Crippen molar-refractivity contribution in [2.24, 2.45) is 11.3 Å². The zero-order valence-electron chi connectivity index (χ0n) is 22.0. The summed E-state index contributed by atoms with van der Waals surface area (Å²) in [7, 11) is -3.97. The Hall–Kier alpha value is -2.95. The van der Waals surface area contributed by atoms with E-state index in [2.05, 4.69) is 55.6 Å². The summed E-state index contributed by atoms with van der Waals surface area (Å²) in [6.07, 6.45) is 5.13. The largest absolute Gasteiger partial charge is 0.867 e. The van der Waals surface area contributed by atoms with Crippen LogP contribution in [0, 0.1) is 16.7 Å². The first-order valence-corrected chi connectivity index (χ1v) is 14.7. The molecular formula is C30H35N3O3S. The van der Waals surface area contributed by atoms with Gasteiger partial charge in [-0.3, -0.25) is 0 Å². The Labute approximate surface area is 219 Å². The van der Waals surface area contributed by atoms with E-state index >= 15 is 0 Å². The molecule has 3 aromatic rings. The first-order valence-electron chi connectivity index (χ1n) is 13.2. The van der Waals surface area contributed by atoms with Crippen molar-refractivity contribution in [1.82, 2.24) is 4.72 Å². The molecule has 7 heteroatoms. The molecule has 0 amide bonds. The third-order valence-corrected chi connectivity index (χ3v) is 10.6. The average molecular weight is 518 g/mol. The number of aryl methyl sites for hydroxylation is 1. The summed E-state index contributed by atoms with van der Waals surface area (Å²) in [5.41, 5.74) is 3.75. The summed E-state index contributed by atoms with van der Waals surface area (Å²) >= 11 is 0. The molecule has 0 spiro atoms. The second kappa shape index (κ2) is 9.11. The number of hydrogen-bond acceptors (Lipinski definition) is 4. The van der Waals surface area contributed by atoms with Crippen molar-refractivity contribution in [2.75, 3.05) is 6.54 Å². The van der Waals surface area contributed by atoms with Gasteiger partial charge in [-0.15, -0.1) is 0 Å². The van der Waals surface area contributed by atoms with Gasteiger partial charge in [-0.1, -0.05) is 76.6 Å². The van der Waals surface area contributed by atoms with Gasteiger partial charge in [0.05, 0.1) is 11.0 Å². The molecule has 6 nitrogen and oxygen atoms in total. The van der Waals surface area contributed by atoms with E-state index in [1.165, 1.54) is 22.8 Å². The van der Waals surface area contributed by atoms with Crippen LogP contribution in [0.2, 0.25) is 0 Å². The predicted molar refractivity (Wildman–Crippen MR) is 145 cm³/mol. The van der Waals surface area contributed by atoms with Gasteiger partial charge >= 0.3 is 5.69 Å². The van der Waals surface area contributed by atoms with Gasteiger partial charge in [0, 0.05) is 11.9 Å². The maximum absolute atomic E-state index is 13.6. The molecule has 2 aliphatic carbocycles. The minimum absolute atomic E-state index is 0.00136. The van der Waals surface area contributed by atoms with Crippen LogP contribution in [0.1, 0.15) is 76.0 Å². The SMILES string of the molecule is CC(C)c1ccc2c(c1)CC[C@H]1[C@@](C)(CNS(=O)(=O)c3cc([N+]#N)c([O-])c4ccccc34)CCC[C@]21C. The number of rotatable bonds is 5. The normalized spacial score (nSPS) is 25.5. The molecule has 0 saturated heterocycles. The molecule has 0 radical (unpaired) electrons. The first-order chi connectivity index (χ1) is 17.5. The van der Waals surface area contributed by atoms with E-state index in [1.807, 2.05) is 0 Å². The minimum Gasteiger partial charge on any atom is -0.867 e. The van der Waals surface area contributed by atoms with Gasteiger partial charge in [0.2, 0.25) is 15.4 Å². The van der Waals surface area contributed by atoms with Gasteiger partial charge in [-0.2, -0.15) is 0 Å². The van der Waals surface area contributed by atoms with Crippen LogP contribution in [-0.2, 0) is 21.9 Å². The van der Waals surface area contributed by atoms with E-state index < -0.39 is 15.8 Å². The monoisotopic (exact) mass is 517 g/mol. The summed E-state index contributed by atoms with van der Waals surface area (Å²) in [5.74, 6) is 0.346. The minimum atomic E-state index is -3.97. The van der Waals surface area contributed by atoms with Crippen LogP contribution in [-0.4, -0.2) is 15.0 Å². The molecule has 0 bridgehead atoms. The highest BCUT2D eigenvalue weighted by molar-refractivity contribution is 7.89. The van der Waals surface area contributed by atoms with E-state index in [4.69, 9.17) is 0 Å². The zero-order chi connectivity index (χ0) is 26.6. The van der Waals surface area contributed by atoms with Gasteiger partial charge in [-0.25, -0.2) is 13.1 Å². The lowest BCUT2D eigenvalue weighted by atomic mass is 9.50. The van der Waals surface area contributed by atoms with Crippen molar-refractivity contribution >= 4 is 26.5 Å². The molecule has 0 unspecified atom stereocenters. The molecule has 194 valence electrons. The maximum atomic E-state index is 13.6. The number of nitrogens with one attached hydrogen (secondary N) is 1. The average Bonchev–Trinajstić information content (AvgIpc) is 2.87. The number of sulfonamides is 1. The molecule has 1 fully saturated rings. The molecule has 5 rings (SSSR count). The van der Waals surface area contributed by atoms with Crippen LogP contribution in [0.5, 0.6) is 5.75 Å². The molecule has 1 saturated carbocycles. The topological polar surface area (TPSA) is 97.4 Å². The van der Waals surface area contributed by atoms with E-state index in [1.54, 1.807) is 24.3 Å². The molecule has 1 N–H and O–H groups in total. The zero-order valence-corrected chi connectivity index (χ0v) is 22.9. The van der Waals surface area contributed by atoms with Crippen molar-refractivity contribution in [3.63, 3.8) is 0 Å². The molecule has 3 atom stereocenters. The number of hydrogen-bond donors (Lipinski definition) is 1. The van der Waals surface area contributed by atoms with Crippen LogP contribution in [0.3, 0.4) is 0 Å². The maximum Gasteiger partial charge on any atom is 0.379 e.